The Labute approximate surface area is 183 Å². The minimum atomic E-state index is -0.399. The van der Waals surface area contributed by atoms with Gasteiger partial charge < -0.3 is 14.1 Å². The molecule has 0 saturated heterocycles. The van der Waals surface area contributed by atoms with Crippen molar-refractivity contribution in [3.05, 3.63) is 98.0 Å². The number of fused-ring (bicyclic) bond motifs is 2. The number of carbonyl (C=O) groups excluding carboxylic acids is 1. The largest absolute Gasteiger partial charge is 0.484 e. The van der Waals surface area contributed by atoms with Crippen LogP contribution in [-0.2, 0) is 11.2 Å². The van der Waals surface area contributed by atoms with Gasteiger partial charge in [0.15, 0.2) is 6.61 Å². The maximum atomic E-state index is 13.2. The highest BCUT2D eigenvalue weighted by Gasteiger charge is 2.32. The van der Waals surface area contributed by atoms with Crippen molar-refractivity contribution in [2.75, 3.05) is 13.2 Å². The van der Waals surface area contributed by atoms with Gasteiger partial charge in [-0.05, 0) is 53.6 Å². The van der Waals surface area contributed by atoms with Crippen LogP contribution in [0.2, 0.25) is 0 Å². The Kier molecular flexibility index (Phi) is 5.08. The minimum Gasteiger partial charge on any atom is -0.484 e. The van der Waals surface area contributed by atoms with Crippen molar-refractivity contribution < 1.29 is 13.9 Å². The van der Waals surface area contributed by atoms with Crippen LogP contribution in [0.1, 0.15) is 27.6 Å². The Morgan fingerprint density at radius 1 is 1.16 bits per heavy atom. The summed E-state index contributed by atoms with van der Waals surface area (Å²) in [5, 5.41) is 2.94. The average molecular weight is 432 g/mol. The van der Waals surface area contributed by atoms with E-state index in [1.807, 2.05) is 36.1 Å². The van der Waals surface area contributed by atoms with Gasteiger partial charge in [-0.15, -0.1) is 11.3 Å². The van der Waals surface area contributed by atoms with Crippen LogP contribution in [-0.4, -0.2) is 24.0 Å². The monoisotopic (exact) mass is 431 g/mol. The van der Waals surface area contributed by atoms with Crippen LogP contribution in [0.25, 0.3) is 11.0 Å². The number of rotatable bonds is 4. The van der Waals surface area contributed by atoms with E-state index < -0.39 is 5.63 Å². The van der Waals surface area contributed by atoms with Crippen molar-refractivity contribution in [3.63, 3.8) is 0 Å². The van der Waals surface area contributed by atoms with E-state index in [1.165, 1.54) is 16.5 Å². The zero-order valence-corrected chi connectivity index (χ0v) is 17.9. The van der Waals surface area contributed by atoms with Gasteiger partial charge in [0.25, 0.3) is 5.91 Å². The Balaban J connectivity index is 1.38. The first-order valence-corrected chi connectivity index (χ1v) is 11.1. The zero-order valence-electron chi connectivity index (χ0n) is 17.0. The summed E-state index contributed by atoms with van der Waals surface area (Å²) in [5.74, 6) is 0.426. The van der Waals surface area contributed by atoms with E-state index in [4.69, 9.17) is 9.15 Å². The SMILES string of the molecule is Cc1cc(=O)oc2cc(OCC(=O)N3CCc4sccc4[C@@H]3c3ccccc3)ccc12. The lowest BCUT2D eigenvalue weighted by atomic mass is 9.93. The molecule has 1 aliphatic rings. The average Bonchev–Trinajstić information content (AvgIpc) is 3.26. The summed E-state index contributed by atoms with van der Waals surface area (Å²) in [6, 6.07) is 18.9. The predicted octanol–water partition coefficient (Wildman–Crippen LogP) is 4.72. The highest BCUT2D eigenvalue weighted by atomic mass is 32.1. The van der Waals surface area contributed by atoms with E-state index in [2.05, 4.69) is 23.6 Å². The lowest BCUT2D eigenvalue weighted by molar-refractivity contribution is -0.135. The molecule has 0 fully saturated rings. The van der Waals surface area contributed by atoms with Crippen molar-refractivity contribution in [1.29, 1.82) is 0 Å². The molecular formula is C25H21NO4S. The first-order chi connectivity index (χ1) is 15.1. The molecule has 3 heterocycles. The van der Waals surface area contributed by atoms with Gasteiger partial charge in [0.05, 0.1) is 6.04 Å². The van der Waals surface area contributed by atoms with E-state index in [0.29, 0.717) is 17.9 Å². The molecule has 0 unspecified atom stereocenters. The van der Waals surface area contributed by atoms with Crippen LogP contribution in [0, 0.1) is 6.92 Å². The summed E-state index contributed by atoms with van der Waals surface area (Å²) in [7, 11) is 0. The molecule has 0 aliphatic carbocycles. The molecule has 5 nitrogen and oxygen atoms in total. The number of aryl methyl sites for hydroxylation is 1. The van der Waals surface area contributed by atoms with Gasteiger partial charge in [-0.1, -0.05) is 30.3 Å². The van der Waals surface area contributed by atoms with Gasteiger partial charge in [-0.25, -0.2) is 4.79 Å². The molecule has 0 radical (unpaired) electrons. The fraction of sp³-hybridized carbons (Fsp3) is 0.200. The lowest BCUT2D eigenvalue weighted by Crippen LogP contribution is -2.42. The van der Waals surface area contributed by atoms with Crippen LogP contribution in [0.4, 0.5) is 0 Å². The van der Waals surface area contributed by atoms with Crippen LogP contribution in [0.3, 0.4) is 0 Å². The molecule has 0 N–H and O–H groups in total. The predicted molar refractivity (Wildman–Crippen MR) is 121 cm³/mol. The van der Waals surface area contributed by atoms with Crippen molar-refractivity contribution in [3.8, 4) is 5.75 Å². The maximum absolute atomic E-state index is 13.2. The van der Waals surface area contributed by atoms with E-state index in [0.717, 1.165) is 22.9 Å². The quantitative estimate of drug-likeness (QED) is 0.439. The van der Waals surface area contributed by atoms with Gasteiger partial charge in [0.1, 0.15) is 11.3 Å². The van der Waals surface area contributed by atoms with Gasteiger partial charge in [-0.3, -0.25) is 4.79 Å². The molecule has 31 heavy (non-hydrogen) atoms. The Bertz CT molecular complexity index is 1310. The highest BCUT2D eigenvalue weighted by molar-refractivity contribution is 7.10. The molecule has 1 amide bonds. The van der Waals surface area contributed by atoms with Gasteiger partial charge >= 0.3 is 5.63 Å². The molecule has 1 atom stereocenters. The summed E-state index contributed by atoms with van der Waals surface area (Å²) in [5.41, 5.74) is 3.19. The van der Waals surface area contributed by atoms with E-state index in [9.17, 15) is 9.59 Å². The van der Waals surface area contributed by atoms with Crippen molar-refractivity contribution in [1.82, 2.24) is 4.90 Å². The topological polar surface area (TPSA) is 59.8 Å². The molecule has 156 valence electrons. The van der Waals surface area contributed by atoms with Gasteiger partial charge in [0.2, 0.25) is 0 Å². The molecule has 0 saturated carbocycles. The molecular weight excluding hydrogens is 410 g/mol. The molecule has 4 aromatic rings. The molecule has 2 aromatic heterocycles. The minimum absolute atomic E-state index is 0.0727. The van der Waals surface area contributed by atoms with Crippen LogP contribution in [0.15, 0.2) is 75.3 Å². The zero-order chi connectivity index (χ0) is 21.4. The van der Waals surface area contributed by atoms with E-state index in [-0.39, 0.29) is 18.6 Å². The summed E-state index contributed by atoms with van der Waals surface area (Å²) in [6.07, 6.45) is 0.850. The molecule has 6 heteroatoms. The standard InChI is InChI=1S/C25H21NO4S/c1-16-13-24(28)30-21-14-18(7-8-19(16)21)29-15-23(27)26-11-9-22-20(10-12-31-22)25(26)17-5-3-2-4-6-17/h2-8,10,12-14,25H,9,11,15H2,1H3/t25-/m0/s1. The third-order valence-corrected chi connectivity index (χ3v) is 6.68. The number of thiophene rings is 1. The third kappa shape index (κ3) is 3.75. The summed E-state index contributed by atoms with van der Waals surface area (Å²) < 4.78 is 11.1. The fourth-order valence-electron chi connectivity index (χ4n) is 4.20. The smallest absolute Gasteiger partial charge is 0.336 e. The first kappa shape index (κ1) is 19.6. The second-order valence-corrected chi connectivity index (χ2v) is 8.65. The number of carbonyl (C=O) groups is 1. The molecule has 2 aromatic carbocycles. The summed E-state index contributed by atoms with van der Waals surface area (Å²) in [6.45, 7) is 2.44. The molecule has 0 bridgehead atoms. The number of ether oxygens (including phenoxy) is 1. The number of amides is 1. The summed E-state index contributed by atoms with van der Waals surface area (Å²) >= 11 is 1.75. The van der Waals surface area contributed by atoms with Crippen molar-refractivity contribution in [2.45, 2.75) is 19.4 Å². The maximum Gasteiger partial charge on any atom is 0.336 e. The molecule has 1 aliphatic heterocycles. The van der Waals surface area contributed by atoms with Gasteiger partial charge in [0, 0.05) is 28.9 Å². The Morgan fingerprint density at radius 2 is 2.00 bits per heavy atom. The second-order valence-electron chi connectivity index (χ2n) is 7.64. The van der Waals surface area contributed by atoms with Crippen molar-refractivity contribution >= 4 is 28.2 Å². The normalized spacial score (nSPS) is 15.6. The third-order valence-electron chi connectivity index (χ3n) is 5.69. The second kappa shape index (κ2) is 8.04. The molecule has 0 spiro atoms. The number of hydrogen-bond acceptors (Lipinski definition) is 5. The van der Waals surface area contributed by atoms with Crippen LogP contribution >= 0.6 is 11.3 Å². The fourth-order valence-corrected chi connectivity index (χ4v) is 5.11. The molecule has 5 rings (SSSR count). The summed E-state index contributed by atoms with van der Waals surface area (Å²) in [4.78, 5) is 28.1. The van der Waals surface area contributed by atoms with Gasteiger partial charge in [-0.2, -0.15) is 0 Å². The van der Waals surface area contributed by atoms with Crippen LogP contribution < -0.4 is 10.4 Å². The van der Waals surface area contributed by atoms with E-state index in [1.54, 1.807) is 23.5 Å². The lowest BCUT2D eigenvalue weighted by Gasteiger charge is -2.36. The number of benzene rings is 2. The Morgan fingerprint density at radius 3 is 2.84 bits per heavy atom. The highest BCUT2D eigenvalue weighted by Crippen LogP contribution is 2.37. The Hall–Kier alpha value is -3.38. The number of hydrogen-bond donors (Lipinski definition) is 0. The first-order valence-electron chi connectivity index (χ1n) is 10.2. The van der Waals surface area contributed by atoms with Crippen molar-refractivity contribution in [2.24, 2.45) is 0 Å². The van der Waals surface area contributed by atoms with Crippen LogP contribution in [0.5, 0.6) is 5.75 Å². The number of nitrogens with zero attached hydrogens (tertiary/aromatic N) is 1. The van der Waals surface area contributed by atoms with E-state index >= 15 is 0 Å².